The van der Waals surface area contributed by atoms with Crippen LogP contribution in [0.5, 0.6) is 5.75 Å². The average Bonchev–Trinajstić information content (AvgIpc) is 2.54. The molecule has 122 valence electrons. The minimum atomic E-state index is 0.578. The van der Waals surface area contributed by atoms with Crippen LogP contribution in [-0.2, 0) is 13.2 Å². The van der Waals surface area contributed by atoms with E-state index in [0.717, 1.165) is 17.3 Å². The Morgan fingerprint density at radius 3 is 1.96 bits per heavy atom. The van der Waals surface area contributed by atoms with Crippen molar-refractivity contribution in [2.45, 2.75) is 13.2 Å². The van der Waals surface area contributed by atoms with E-state index < -0.39 is 0 Å². The summed E-state index contributed by atoms with van der Waals surface area (Å²) in [6.07, 6.45) is 0. The van der Waals surface area contributed by atoms with E-state index in [1.165, 1.54) is 5.56 Å². The van der Waals surface area contributed by atoms with Gasteiger partial charge in [0.15, 0.2) is 5.96 Å². The summed E-state index contributed by atoms with van der Waals surface area (Å²) in [4.78, 5) is 8.69. The van der Waals surface area contributed by atoms with Crippen LogP contribution in [0.1, 0.15) is 11.1 Å². The summed E-state index contributed by atoms with van der Waals surface area (Å²) < 4.78 is 5.75. The average molecular weight is 311 g/mol. The third-order valence-electron chi connectivity index (χ3n) is 3.37. The summed E-state index contributed by atoms with van der Waals surface area (Å²) in [5.41, 5.74) is 2.34. The first-order chi connectivity index (χ1) is 11.1. The molecule has 0 atom stereocenters. The van der Waals surface area contributed by atoms with Crippen molar-refractivity contribution in [3.05, 3.63) is 65.7 Å². The number of ether oxygens (including phenoxy) is 1. The second-order valence-electron chi connectivity index (χ2n) is 5.82. The SMILES string of the molecule is CN(C)C(=NCc1ccc(COc2ccccc2)cc1)N(C)C. The molecule has 0 aromatic heterocycles. The maximum atomic E-state index is 5.75. The Morgan fingerprint density at radius 1 is 0.826 bits per heavy atom. The summed E-state index contributed by atoms with van der Waals surface area (Å²) in [5.74, 6) is 1.85. The van der Waals surface area contributed by atoms with Crippen LogP contribution in [0.25, 0.3) is 0 Å². The summed E-state index contributed by atoms with van der Waals surface area (Å²) in [6.45, 7) is 1.25. The summed E-state index contributed by atoms with van der Waals surface area (Å²) in [7, 11) is 8.01. The van der Waals surface area contributed by atoms with Crippen LogP contribution in [0.4, 0.5) is 0 Å². The minimum absolute atomic E-state index is 0.578. The molecule has 2 aromatic rings. The third-order valence-corrected chi connectivity index (χ3v) is 3.37. The zero-order valence-corrected chi connectivity index (χ0v) is 14.4. The Kier molecular flexibility index (Phi) is 6.03. The molecule has 0 saturated heterocycles. The molecule has 0 saturated carbocycles. The number of guanidine groups is 1. The van der Waals surface area contributed by atoms with E-state index in [-0.39, 0.29) is 0 Å². The van der Waals surface area contributed by atoms with E-state index in [0.29, 0.717) is 13.2 Å². The van der Waals surface area contributed by atoms with Gasteiger partial charge in [-0.1, -0.05) is 42.5 Å². The lowest BCUT2D eigenvalue weighted by Gasteiger charge is -2.22. The standard InChI is InChI=1S/C19H25N3O/c1-21(2)19(22(3)4)20-14-16-10-12-17(13-11-16)15-23-18-8-6-5-7-9-18/h5-13H,14-15H2,1-4H3. The topological polar surface area (TPSA) is 28.1 Å². The molecule has 0 amide bonds. The van der Waals surface area contributed by atoms with Crippen LogP contribution in [0.15, 0.2) is 59.6 Å². The van der Waals surface area contributed by atoms with Crippen LogP contribution in [0.3, 0.4) is 0 Å². The zero-order chi connectivity index (χ0) is 16.7. The molecule has 0 aliphatic heterocycles. The van der Waals surface area contributed by atoms with Gasteiger partial charge in [0.05, 0.1) is 6.54 Å². The first-order valence-corrected chi connectivity index (χ1v) is 7.71. The van der Waals surface area contributed by atoms with Crippen molar-refractivity contribution in [3.63, 3.8) is 0 Å². The highest BCUT2D eigenvalue weighted by Gasteiger charge is 2.04. The quantitative estimate of drug-likeness (QED) is 0.627. The molecule has 2 aromatic carbocycles. The molecule has 0 spiro atoms. The van der Waals surface area contributed by atoms with E-state index in [9.17, 15) is 0 Å². The highest BCUT2D eigenvalue weighted by atomic mass is 16.5. The molecule has 4 heteroatoms. The molecule has 0 bridgehead atoms. The molecule has 0 radical (unpaired) electrons. The molecule has 0 aliphatic rings. The molecule has 2 rings (SSSR count). The molecule has 23 heavy (non-hydrogen) atoms. The molecule has 4 nitrogen and oxygen atoms in total. The smallest absolute Gasteiger partial charge is 0.195 e. The predicted octanol–water partition coefficient (Wildman–Crippen LogP) is 3.24. The fourth-order valence-electron chi connectivity index (χ4n) is 2.27. The van der Waals surface area contributed by atoms with Crippen molar-refractivity contribution in [1.29, 1.82) is 0 Å². The van der Waals surface area contributed by atoms with Gasteiger partial charge >= 0.3 is 0 Å². The zero-order valence-electron chi connectivity index (χ0n) is 14.4. The predicted molar refractivity (Wildman–Crippen MR) is 95.7 cm³/mol. The van der Waals surface area contributed by atoms with Gasteiger partial charge in [-0.25, -0.2) is 4.99 Å². The van der Waals surface area contributed by atoms with Crippen molar-refractivity contribution in [1.82, 2.24) is 9.80 Å². The van der Waals surface area contributed by atoms with Crippen LogP contribution in [0, 0.1) is 0 Å². The summed E-state index contributed by atoms with van der Waals surface area (Å²) >= 11 is 0. The molecular weight excluding hydrogens is 286 g/mol. The Labute approximate surface area is 139 Å². The fourth-order valence-corrected chi connectivity index (χ4v) is 2.27. The number of para-hydroxylation sites is 1. The maximum absolute atomic E-state index is 5.75. The van der Waals surface area contributed by atoms with Gasteiger partial charge in [0.2, 0.25) is 0 Å². The van der Waals surface area contributed by atoms with Gasteiger partial charge < -0.3 is 14.5 Å². The van der Waals surface area contributed by atoms with Gasteiger partial charge in [-0.3, -0.25) is 0 Å². The van der Waals surface area contributed by atoms with Gasteiger partial charge in [-0.15, -0.1) is 0 Å². The number of benzene rings is 2. The van der Waals surface area contributed by atoms with Crippen LogP contribution < -0.4 is 4.74 Å². The molecule has 0 aliphatic carbocycles. The third kappa shape index (κ3) is 5.33. The van der Waals surface area contributed by atoms with Crippen LogP contribution in [-0.4, -0.2) is 44.0 Å². The second kappa shape index (κ2) is 8.22. The van der Waals surface area contributed by atoms with Gasteiger partial charge in [-0.2, -0.15) is 0 Å². The van der Waals surface area contributed by atoms with Gasteiger partial charge in [0, 0.05) is 28.2 Å². The van der Waals surface area contributed by atoms with E-state index in [1.807, 2.05) is 68.3 Å². The maximum Gasteiger partial charge on any atom is 0.195 e. The van der Waals surface area contributed by atoms with Gasteiger partial charge in [-0.05, 0) is 23.3 Å². The normalized spacial score (nSPS) is 10.1. The van der Waals surface area contributed by atoms with Gasteiger partial charge in [0.25, 0.3) is 0 Å². The number of rotatable bonds is 5. The highest BCUT2D eigenvalue weighted by molar-refractivity contribution is 5.79. The molecule has 0 unspecified atom stereocenters. The largest absolute Gasteiger partial charge is 0.489 e. The first-order valence-electron chi connectivity index (χ1n) is 7.71. The lowest BCUT2D eigenvalue weighted by molar-refractivity contribution is 0.306. The van der Waals surface area contributed by atoms with Crippen LogP contribution in [0.2, 0.25) is 0 Å². The van der Waals surface area contributed by atoms with Crippen molar-refractivity contribution in [3.8, 4) is 5.75 Å². The van der Waals surface area contributed by atoms with Crippen molar-refractivity contribution < 1.29 is 4.74 Å². The van der Waals surface area contributed by atoms with Gasteiger partial charge in [0.1, 0.15) is 12.4 Å². The first kappa shape index (κ1) is 16.9. The number of hydrogen-bond acceptors (Lipinski definition) is 2. The molecular formula is C19H25N3O. The monoisotopic (exact) mass is 311 g/mol. The summed E-state index contributed by atoms with van der Waals surface area (Å²) in [6, 6.07) is 18.3. The van der Waals surface area contributed by atoms with Crippen LogP contribution >= 0.6 is 0 Å². The Hall–Kier alpha value is -2.49. The molecule has 0 heterocycles. The highest BCUT2D eigenvalue weighted by Crippen LogP contribution is 2.12. The number of aliphatic imine (C=N–C) groups is 1. The lowest BCUT2D eigenvalue weighted by Crippen LogP contribution is -2.35. The van der Waals surface area contributed by atoms with Crippen molar-refractivity contribution in [2.24, 2.45) is 4.99 Å². The van der Waals surface area contributed by atoms with E-state index >= 15 is 0 Å². The van der Waals surface area contributed by atoms with Crippen molar-refractivity contribution >= 4 is 5.96 Å². The Balaban J connectivity index is 1.93. The number of nitrogens with zero attached hydrogens (tertiary/aromatic N) is 3. The van der Waals surface area contributed by atoms with Crippen molar-refractivity contribution in [2.75, 3.05) is 28.2 Å². The van der Waals surface area contributed by atoms with E-state index in [1.54, 1.807) is 0 Å². The minimum Gasteiger partial charge on any atom is -0.489 e. The molecule has 0 N–H and O–H groups in total. The lowest BCUT2D eigenvalue weighted by atomic mass is 10.1. The second-order valence-corrected chi connectivity index (χ2v) is 5.82. The Morgan fingerprint density at radius 2 is 1.39 bits per heavy atom. The molecule has 0 fully saturated rings. The van der Waals surface area contributed by atoms with E-state index in [4.69, 9.17) is 4.74 Å². The van der Waals surface area contributed by atoms with E-state index in [2.05, 4.69) is 29.3 Å². The number of hydrogen-bond donors (Lipinski definition) is 0. The summed E-state index contributed by atoms with van der Waals surface area (Å²) in [5, 5.41) is 0. The fraction of sp³-hybridized carbons (Fsp3) is 0.316. The Bertz CT molecular complexity index is 609.